The second-order valence-corrected chi connectivity index (χ2v) is 6.70. The molecule has 1 rings (SSSR count). The maximum Gasteiger partial charge on any atom is 0.270 e. The summed E-state index contributed by atoms with van der Waals surface area (Å²) >= 11 is 0. The molecule has 21 heavy (non-hydrogen) atoms. The molecule has 1 aromatic rings. The number of nitro benzene ring substituents is 1. The molecule has 0 spiro atoms. The summed E-state index contributed by atoms with van der Waals surface area (Å²) in [5.74, 6) is 0. The minimum atomic E-state index is -3.91. The lowest BCUT2D eigenvalue weighted by molar-refractivity contribution is -0.385. The highest BCUT2D eigenvalue weighted by molar-refractivity contribution is 7.89. The second-order valence-electron chi connectivity index (χ2n) is 4.96. The highest BCUT2D eigenvalue weighted by atomic mass is 32.2. The Labute approximate surface area is 124 Å². The van der Waals surface area contributed by atoms with Crippen LogP contribution in [0.1, 0.15) is 32.3 Å². The topological polar surface area (TPSA) is 110 Å². The van der Waals surface area contributed by atoms with Gasteiger partial charge in [-0.3, -0.25) is 10.1 Å². The van der Waals surface area contributed by atoms with E-state index < -0.39 is 20.5 Å². The van der Waals surface area contributed by atoms with Gasteiger partial charge in [0, 0.05) is 18.7 Å². The van der Waals surface area contributed by atoms with Gasteiger partial charge in [0.15, 0.2) is 0 Å². The van der Waals surface area contributed by atoms with Gasteiger partial charge in [-0.25, -0.2) is 13.1 Å². The van der Waals surface area contributed by atoms with Crippen molar-refractivity contribution >= 4 is 15.7 Å². The van der Waals surface area contributed by atoms with Crippen LogP contribution in [0.15, 0.2) is 23.1 Å². The molecule has 0 saturated heterocycles. The highest BCUT2D eigenvalue weighted by Crippen LogP contribution is 2.22. The highest BCUT2D eigenvalue weighted by Gasteiger charge is 2.27. The molecule has 0 fully saturated rings. The Morgan fingerprint density at radius 2 is 1.90 bits per heavy atom. The van der Waals surface area contributed by atoms with E-state index in [0.717, 1.165) is 6.07 Å². The number of nitrogens with one attached hydrogen (secondary N) is 1. The Balaban J connectivity index is 3.08. The molecule has 1 aromatic carbocycles. The number of aliphatic hydroxyl groups is 1. The van der Waals surface area contributed by atoms with Crippen molar-refractivity contribution in [1.82, 2.24) is 4.72 Å². The molecule has 0 unspecified atom stereocenters. The lowest BCUT2D eigenvalue weighted by Gasteiger charge is -2.25. The molecule has 0 heterocycles. The number of rotatable bonds is 7. The third-order valence-corrected chi connectivity index (χ3v) is 5.12. The largest absolute Gasteiger partial charge is 0.389 e. The summed E-state index contributed by atoms with van der Waals surface area (Å²) in [5.41, 5.74) is -1.01. The third-order valence-electron chi connectivity index (χ3n) is 3.58. The van der Waals surface area contributed by atoms with Crippen molar-refractivity contribution in [1.29, 1.82) is 0 Å². The molecule has 0 atom stereocenters. The van der Waals surface area contributed by atoms with E-state index in [4.69, 9.17) is 0 Å². The monoisotopic (exact) mass is 316 g/mol. The zero-order valence-corrected chi connectivity index (χ0v) is 13.1. The minimum Gasteiger partial charge on any atom is -0.389 e. The zero-order chi connectivity index (χ0) is 16.3. The molecule has 0 radical (unpaired) electrons. The first-order valence-corrected chi connectivity index (χ1v) is 8.10. The van der Waals surface area contributed by atoms with Crippen LogP contribution >= 0.6 is 0 Å². The number of hydrogen-bond donors (Lipinski definition) is 2. The van der Waals surface area contributed by atoms with Gasteiger partial charge in [0.1, 0.15) is 0 Å². The van der Waals surface area contributed by atoms with Gasteiger partial charge in [-0.15, -0.1) is 0 Å². The second kappa shape index (κ2) is 6.50. The van der Waals surface area contributed by atoms with Crippen LogP contribution in [-0.2, 0) is 10.0 Å². The summed E-state index contributed by atoms with van der Waals surface area (Å²) in [6, 6.07) is 3.66. The van der Waals surface area contributed by atoms with Crippen LogP contribution in [0.25, 0.3) is 0 Å². The normalized spacial score (nSPS) is 12.4. The van der Waals surface area contributed by atoms with E-state index in [9.17, 15) is 23.6 Å². The fourth-order valence-corrected chi connectivity index (χ4v) is 3.18. The van der Waals surface area contributed by atoms with E-state index in [-0.39, 0.29) is 17.1 Å². The van der Waals surface area contributed by atoms with Crippen LogP contribution in [0.2, 0.25) is 0 Å². The molecule has 0 aliphatic carbocycles. The van der Waals surface area contributed by atoms with Gasteiger partial charge >= 0.3 is 0 Å². The lowest BCUT2D eigenvalue weighted by Crippen LogP contribution is -2.42. The molecular weight excluding hydrogens is 296 g/mol. The van der Waals surface area contributed by atoms with Gasteiger partial charge in [0.2, 0.25) is 10.0 Å². The molecule has 0 amide bonds. The maximum atomic E-state index is 12.3. The van der Waals surface area contributed by atoms with E-state index >= 15 is 0 Å². The molecule has 118 valence electrons. The first-order valence-electron chi connectivity index (χ1n) is 6.62. The maximum absolute atomic E-state index is 12.3. The molecule has 7 nitrogen and oxygen atoms in total. The van der Waals surface area contributed by atoms with Gasteiger partial charge < -0.3 is 5.11 Å². The molecule has 0 aliphatic heterocycles. The van der Waals surface area contributed by atoms with Crippen molar-refractivity contribution in [2.45, 2.75) is 44.1 Å². The number of nitro groups is 1. The molecule has 0 saturated carbocycles. The van der Waals surface area contributed by atoms with Crippen molar-refractivity contribution in [3.63, 3.8) is 0 Å². The standard InChI is InChI=1S/C13H20N2O5S/c1-4-13(16,5-2)9-14-21(19,20)12-8-11(15(17)18)7-6-10(12)3/h6-8,14,16H,4-5,9H2,1-3H3. The number of sulfonamides is 1. The van der Waals surface area contributed by atoms with Crippen LogP contribution < -0.4 is 4.72 Å². The first-order chi connectivity index (χ1) is 9.65. The minimum absolute atomic E-state index is 0.134. The average Bonchev–Trinajstić information content (AvgIpc) is 2.45. The quantitative estimate of drug-likeness (QED) is 0.588. The van der Waals surface area contributed by atoms with Gasteiger partial charge in [0.25, 0.3) is 5.69 Å². The lowest BCUT2D eigenvalue weighted by atomic mass is 9.98. The van der Waals surface area contributed by atoms with Crippen molar-refractivity contribution in [3.05, 3.63) is 33.9 Å². The first kappa shape index (κ1) is 17.5. The van der Waals surface area contributed by atoms with E-state index in [1.807, 2.05) is 0 Å². The number of aryl methyl sites for hydroxylation is 1. The van der Waals surface area contributed by atoms with E-state index in [2.05, 4.69) is 4.72 Å². The molecule has 8 heteroatoms. The van der Waals surface area contributed by atoms with Crippen LogP contribution in [0.3, 0.4) is 0 Å². The van der Waals surface area contributed by atoms with Crippen LogP contribution in [0.4, 0.5) is 5.69 Å². The van der Waals surface area contributed by atoms with Crippen LogP contribution in [0.5, 0.6) is 0 Å². The van der Waals surface area contributed by atoms with Gasteiger partial charge in [-0.2, -0.15) is 0 Å². The summed E-state index contributed by atoms with van der Waals surface area (Å²) in [6.07, 6.45) is 0.805. The Morgan fingerprint density at radius 3 is 2.38 bits per heavy atom. The predicted molar refractivity (Wildman–Crippen MR) is 78.6 cm³/mol. The molecule has 0 bridgehead atoms. The van der Waals surface area contributed by atoms with Crippen LogP contribution in [0, 0.1) is 17.0 Å². The van der Waals surface area contributed by atoms with Crippen molar-refractivity contribution in [2.24, 2.45) is 0 Å². The van der Waals surface area contributed by atoms with E-state index in [1.54, 1.807) is 20.8 Å². The predicted octanol–water partition coefficient (Wildman–Crippen LogP) is 1.73. The summed E-state index contributed by atoms with van der Waals surface area (Å²) in [6.45, 7) is 4.95. The number of benzene rings is 1. The summed E-state index contributed by atoms with van der Waals surface area (Å²) in [5, 5.41) is 20.9. The Hall–Kier alpha value is -1.51. The van der Waals surface area contributed by atoms with Crippen LogP contribution in [-0.4, -0.2) is 30.6 Å². The van der Waals surface area contributed by atoms with Gasteiger partial charge in [-0.1, -0.05) is 19.9 Å². The molecule has 2 N–H and O–H groups in total. The third kappa shape index (κ3) is 4.23. The summed E-state index contributed by atoms with van der Waals surface area (Å²) in [7, 11) is -3.91. The summed E-state index contributed by atoms with van der Waals surface area (Å²) in [4.78, 5) is 9.96. The van der Waals surface area contributed by atoms with Crippen molar-refractivity contribution in [3.8, 4) is 0 Å². The Morgan fingerprint density at radius 1 is 1.33 bits per heavy atom. The molecule has 0 aliphatic rings. The molecular formula is C13H20N2O5S. The number of non-ortho nitro benzene ring substituents is 1. The Bertz CT molecular complexity index is 623. The summed E-state index contributed by atoms with van der Waals surface area (Å²) < 4.78 is 26.8. The van der Waals surface area contributed by atoms with E-state index in [1.165, 1.54) is 12.1 Å². The van der Waals surface area contributed by atoms with Crippen molar-refractivity contribution in [2.75, 3.05) is 6.54 Å². The fourth-order valence-electron chi connectivity index (χ4n) is 1.80. The SMILES string of the molecule is CCC(O)(CC)CNS(=O)(=O)c1cc([N+](=O)[O-])ccc1C. The van der Waals surface area contributed by atoms with E-state index in [0.29, 0.717) is 18.4 Å². The fraction of sp³-hybridized carbons (Fsp3) is 0.538. The molecule has 0 aromatic heterocycles. The van der Waals surface area contributed by atoms with Gasteiger partial charge in [0.05, 0.1) is 15.4 Å². The smallest absolute Gasteiger partial charge is 0.270 e. The number of hydrogen-bond acceptors (Lipinski definition) is 5. The van der Waals surface area contributed by atoms with Gasteiger partial charge in [-0.05, 0) is 25.3 Å². The zero-order valence-electron chi connectivity index (χ0n) is 12.3. The average molecular weight is 316 g/mol. The van der Waals surface area contributed by atoms with Crippen molar-refractivity contribution < 1.29 is 18.4 Å². The Kier molecular flexibility index (Phi) is 5.43. The number of nitrogens with zero attached hydrogens (tertiary/aromatic N) is 1.